The molecule has 1 saturated heterocycles. The molecule has 0 saturated carbocycles. The lowest BCUT2D eigenvalue weighted by atomic mass is 10.1. The molecule has 0 aliphatic carbocycles. The van der Waals surface area contributed by atoms with Gasteiger partial charge in [0.15, 0.2) is 0 Å². The minimum absolute atomic E-state index is 0.00175. The van der Waals surface area contributed by atoms with E-state index < -0.39 is 6.04 Å². The van der Waals surface area contributed by atoms with Crippen LogP contribution in [0, 0.1) is 0 Å². The molecule has 0 aromatic heterocycles. The van der Waals surface area contributed by atoms with Crippen molar-refractivity contribution in [2.75, 3.05) is 66.0 Å². The van der Waals surface area contributed by atoms with E-state index >= 15 is 0 Å². The van der Waals surface area contributed by atoms with Crippen LogP contribution < -0.4 is 21.7 Å². The SMILES string of the molecule is CCCCCCCCC=CCCCCCCCC(=O)NC(CCCCN)C(=O)NCCCN1CCN(CCCNC)CC1. The fraction of sp³-hybridized carbons (Fsp3) is 0.886. The van der Waals surface area contributed by atoms with E-state index in [9.17, 15) is 9.59 Å². The van der Waals surface area contributed by atoms with Crippen molar-refractivity contribution in [3.05, 3.63) is 12.2 Å². The van der Waals surface area contributed by atoms with Gasteiger partial charge in [-0.05, 0) is 97.4 Å². The van der Waals surface area contributed by atoms with Gasteiger partial charge in [0.05, 0.1) is 0 Å². The third-order valence-corrected chi connectivity index (χ3v) is 8.58. The zero-order chi connectivity index (χ0) is 31.2. The van der Waals surface area contributed by atoms with E-state index in [1.165, 1.54) is 83.6 Å². The molecule has 1 aliphatic rings. The largest absolute Gasteiger partial charge is 0.354 e. The molecule has 1 atom stereocenters. The molecule has 0 aromatic rings. The van der Waals surface area contributed by atoms with E-state index in [4.69, 9.17) is 5.73 Å². The zero-order valence-corrected chi connectivity index (χ0v) is 28.3. The quantitative estimate of drug-likeness (QED) is 0.0675. The number of nitrogens with one attached hydrogen (secondary N) is 3. The number of hydrogen-bond acceptors (Lipinski definition) is 6. The van der Waals surface area contributed by atoms with Crippen molar-refractivity contribution in [3.63, 3.8) is 0 Å². The first-order valence-electron chi connectivity index (χ1n) is 18.1. The Kier molecular flexibility index (Phi) is 26.9. The van der Waals surface area contributed by atoms with Gasteiger partial charge in [-0.15, -0.1) is 0 Å². The minimum atomic E-state index is -0.455. The van der Waals surface area contributed by atoms with Gasteiger partial charge >= 0.3 is 0 Å². The van der Waals surface area contributed by atoms with Gasteiger partial charge in [0, 0.05) is 39.1 Å². The van der Waals surface area contributed by atoms with Crippen molar-refractivity contribution >= 4 is 11.8 Å². The monoisotopic (exact) mass is 607 g/mol. The second kappa shape index (κ2) is 29.2. The number of carbonyl (C=O) groups is 2. The molecule has 8 heteroatoms. The third kappa shape index (κ3) is 23.6. The predicted octanol–water partition coefficient (Wildman–Crippen LogP) is 5.37. The Labute approximate surface area is 265 Å². The molecule has 0 aromatic carbocycles. The van der Waals surface area contributed by atoms with Gasteiger partial charge in [0.2, 0.25) is 11.8 Å². The van der Waals surface area contributed by atoms with Crippen molar-refractivity contribution in [2.45, 2.75) is 135 Å². The van der Waals surface area contributed by atoms with E-state index in [1.807, 2.05) is 7.05 Å². The maximum atomic E-state index is 12.9. The van der Waals surface area contributed by atoms with Gasteiger partial charge in [-0.25, -0.2) is 0 Å². The Morgan fingerprint density at radius 2 is 1.28 bits per heavy atom. The molecule has 8 nitrogen and oxygen atoms in total. The number of carbonyl (C=O) groups excluding carboxylic acids is 2. The Bertz CT molecular complexity index is 681. The first kappa shape index (κ1) is 39.5. The maximum Gasteiger partial charge on any atom is 0.242 e. The van der Waals surface area contributed by atoms with Crippen LogP contribution in [0.2, 0.25) is 0 Å². The molecule has 1 heterocycles. The van der Waals surface area contributed by atoms with E-state index in [0.29, 0.717) is 25.9 Å². The molecule has 0 radical (unpaired) electrons. The lowest BCUT2D eigenvalue weighted by Crippen LogP contribution is -2.48. The molecule has 0 spiro atoms. The molecule has 252 valence electrons. The number of allylic oxidation sites excluding steroid dienone is 2. The maximum absolute atomic E-state index is 12.9. The molecule has 1 unspecified atom stereocenters. The summed E-state index contributed by atoms with van der Waals surface area (Å²) in [6, 6.07) is -0.455. The normalized spacial score (nSPS) is 15.2. The second-order valence-electron chi connectivity index (χ2n) is 12.5. The zero-order valence-electron chi connectivity index (χ0n) is 28.3. The molecule has 43 heavy (non-hydrogen) atoms. The van der Waals surface area contributed by atoms with Crippen molar-refractivity contribution in [1.82, 2.24) is 25.8 Å². The molecule has 1 rings (SSSR count). The Morgan fingerprint density at radius 1 is 0.721 bits per heavy atom. The van der Waals surface area contributed by atoms with Gasteiger partial charge in [-0.3, -0.25) is 9.59 Å². The van der Waals surface area contributed by atoms with Crippen LogP contribution in [0.15, 0.2) is 12.2 Å². The summed E-state index contributed by atoms with van der Waals surface area (Å²) < 4.78 is 0. The fourth-order valence-corrected chi connectivity index (χ4v) is 5.74. The lowest BCUT2D eigenvalue weighted by Gasteiger charge is -2.34. The summed E-state index contributed by atoms with van der Waals surface area (Å²) in [5, 5.41) is 9.32. The van der Waals surface area contributed by atoms with Crippen LogP contribution in [0.1, 0.15) is 129 Å². The summed E-state index contributed by atoms with van der Waals surface area (Å²) in [6.07, 6.45) is 25.9. The molecular formula is C35H70N6O2. The van der Waals surface area contributed by atoms with E-state index in [2.05, 4.69) is 44.8 Å². The molecule has 1 fully saturated rings. The van der Waals surface area contributed by atoms with Crippen LogP contribution in [0.3, 0.4) is 0 Å². The Balaban J connectivity index is 2.13. The van der Waals surface area contributed by atoms with Crippen LogP contribution in [-0.2, 0) is 9.59 Å². The Hall–Kier alpha value is -1.48. The molecular weight excluding hydrogens is 536 g/mol. The first-order valence-corrected chi connectivity index (χ1v) is 18.1. The van der Waals surface area contributed by atoms with Crippen molar-refractivity contribution in [1.29, 1.82) is 0 Å². The predicted molar refractivity (Wildman–Crippen MR) is 183 cm³/mol. The highest BCUT2D eigenvalue weighted by atomic mass is 16.2. The van der Waals surface area contributed by atoms with E-state index in [-0.39, 0.29) is 11.8 Å². The van der Waals surface area contributed by atoms with Crippen molar-refractivity contribution in [2.24, 2.45) is 5.73 Å². The summed E-state index contributed by atoms with van der Waals surface area (Å²) in [5.74, 6) is -0.0533. The topological polar surface area (TPSA) is 103 Å². The van der Waals surface area contributed by atoms with Crippen LogP contribution in [-0.4, -0.2) is 93.6 Å². The highest BCUT2D eigenvalue weighted by Crippen LogP contribution is 2.11. The van der Waals surface area contributed by atoms with Gasteiger partial charge in [0.25, 0.3) is 0 Å². The molecule has 1 aliphatic heterocycles. The fourth-order valence-electron chi connectivity index (χ4n) is 5.74. The Morgan fingerprint density at radius 3 is 1.86 bits per heavy atom. The number of hydrogen-bond donors (Lipinski definition) is 4. The number of rotatable bonds is 29. The summed E-state index contributed by atoms with van der Waals surface area (Å²) in [7, 11) is 2.01. The standard InChI is InChI=1S/C35H70N6O2/c1-3-4-5-6-7-8-9-10-11-12-13-14-15-16-17-23-34(42)39-33(22-18-19-24-36)35(43)38-26-21-28-41-31-29-40(30-32-41)27-20-25-37-2/h10-11,33,37H,3-9,12-32,36H2,1-2H3,(H,38,43)(H,39,42). The second-order valence-corrected chi connectivity index (χ2v) is 12.5. The summed E-state index contributed by atoms with van der Waals surface area (Å²) in [5.41, 5.74) is 5.67. The number of piperazine rings is 1. The smallest absolute Gasteiger partial charge is 0.242 e. The highest BCUT2D eigenvalue weighted by Gasteiger charge is 2.20. The lowest BCUT2D eigenvalue weighted by molar-refractivity contribution is -0.129. The highest BCUT2D eigenvalue weighted by molar-refractivity contribution is 5.87. The average molecular weight is 607 g/mol. The molecule has 5 N–H and O–H groups in total. The van der Waals surface area contributed by atoms with Gasteiger partial charge in [0.1, 0.15) is 6.04 Å². The third-order valence-electron chi connectivity index (χ3n) is 8.58. The van der Waals surface area contributed by atoms with E-state index in [1.54, 1.807) is 0 Å². The van der Waals surface area contributed by atoms with Crippen LogP contribution in [0.5, 0.6) is 0 Å². The minimum Gasteiger partial charge on any atom is -0.354 e. The average Bonchev–Trinajstić information content (AvgIpc) is 3.01. The summed E-state index contributed by atoms with van der Waals surface area (Å²) in [4.78, 5) is 30.6. The van der Waals surface area contributed by atoms with Gasteiger partial charge in [-0.1, -0.05) is 70.4 Å². The van der Waals surface area contributed by atoms with Crippen molar-refractivity contribution < 1.29 is 9.59 Å². The van der Waals surface area contributed by atoms with Crippen molar-refractivity contribution in [3.8, 4) is 0 Å². The molecule has 2 amide bonds. The van der Waals surface area contributed by atoms with Gasteiger partial charge < -0.3 is 31.5 Å². The number of nitrogens with zero attached hydrogens (tertiary/aromatic N) is 2. The number of unbranched alkanes of at least 4 members (excludes halogenated alkanes) is 12. The molecule has 0 bridgehead atoms. The number of nitrogens with two attached hydrogens (primary N) is 1. The van der Waals surface area contributed by atoms with Crippen LogP contribution in [0.4, 0.5) is 0 Å². The first-order chi connectivity index (χ1) is 21.1. The van der Waals surface area contributed by atoms with E-state index in [0.717, 1.165) is 71.4 Å². The summed E-state index contributed by atoms with van der Waals surface area (Å²) >= 11 is 0. The van der Waals surface area contributed by atoms with Crippen LogP contribution in [0.25, 0.3) is 0 Å². The van der Waals surface area contributed by atoms with Crippen LogP contribution >= 0.6 is 0 Å². The number of amides is 2. The summed E-state index contributed by atoms with van der Waals surface area (Å²) in [6.45, 7) is 11.2. The van der Waals surface area contributed by atoms with Gasteiger partial charge in [-0.2, -0.15) is 0 Å².